The molecule has 2 heterocycles. The van der Waals surface area contributed by atoms with Crippen LogP contribution in [0.5, 0.6) is 0 Å². The SMILES string of the molecule is c1ccc2sc(C3NCC4CCCC43)nc2c1. The van der Waals surface area contributed by atoms with Crippen molar-refractivity contribution in [1.82, 2.24) is 10.3 Å². The van der Waals surface area contributed by atoms with Gasteiger partial charge in [0.2, 0.25) is 0 Å². The molecule has 88 valence electrons. The third-order valence-corrected chi connectivity index (χ3v) is 5.44. The second-order valence-corrected chi connectivity index (χ2v) is 6.32. The van der Waals surface area contributed by atoms with E-state index in [0.717, 1.165) is 17.4 Å². The minimum absolute atomic E-state index is 0.528. The number of aromatic nitrogens is 1. The van der Waals surface area contributed by atoms with Gasteiger partial charge >= 0.3 is 0 Å². The Labute approximate surface area is 105 Å². The topological polar surface area (TPSA) is 24.9 Å². The van der Waals surface area contributed by atoms with Crippen LogP contribution in [0.4, 0.5) is 0 Å². The number of rotatable bonds is 1. The molecule has 1 saturated heterocycles. The first kappa shape index (κ1) is 10.0. The standard InChI is InChI=1S/C14H16N2S/c1-2-7-12-11(6-1)16-14(17-12)13-10-5-3-4-9(10)8-15-13/h1-2,6-7,9-10,13,15H,3-5,8H2. The van der Waals surface area contributed by atoms with Crippen LogP contribution in [0.15, 0.2) is 24.3 Å². The number of benzene rings is 1. The average molecular weight is 244 g/mol. The van der Waals surface area contributed by atoms with E-state index in [1.54, 1.807) is 0 Å². The molecule has 0 radical (unpaired) electrons. The molecule has 1 saturated carbocycles. The van der Waals surface area contributed by atoms with Gasteiger partial charge in [0.15, 0.2) is 0 Å². The zero-order valence-corrected chi connectivity index (χ0v) is 10.5. The molecule has 2 fully saturated rings. The number of fused-ring (bicyclic) bond motifs is 2. The van der Waals surface area contributed by atoms with E-state index in [1.165, 1.54) is 35.5 Å². The lowest BCUT2D eigenvalue weighted by Crippen LogP contribution is -2.17. The van der Waals surface area contributed by atoms with Gasteiger partial charge in [0.1, 0.15) is 5.01 Å². The molecule has 0 spiro atoms. The van der Waals surface area contributed by atoms with Crippen LogP contribution in [0.25, 0.3) is 10.2 Å². The first-order valence-electron chi connectivity index (χ1n) is 6.51. The summed E-state index contributed by atoms with van der Waals surface area (Å²) in [6.45, 7) is 1.20. The second kappa shape index (κ2) is 3.79. The first-order valence-corrected chi connectivity index (χ1v) is 7.32. The van der Waals surface area contributed by atoms with Crippen LogP contribution in [0.3, 0.4) is 0 Å². The maximum atomic E-state index is 4.81. The Kier molecular flexibility index (Phi) is 2.24. The van der Waals surface area contributed by atoms with Crippen molar-refractivity contribution in [2.45, 2.75) is 25.3 Å². The van der Waals surface area contributed by atoms with Crippen LogP contribution >= 0.6 is 11.3 Å². The van der Waals surface area contributed by atoms with Crippen LogP contribution in [-0.2, 0) is 0 Å². The van der Waals surface area contributed by atoms with E-state index in [0.29, 0.717) is 6.04 Å². The van der Waals surface area contributed by atoms with Gasteiger partial charge in [-0.05, 0) is 43.4 Å². The van der Waals surface area contributed by atoms with Gasteiger partial charge in [-0.15, -0.1) is 11.3 Å². The number of hydrogen-bond donors (Lipinski definition) is 1. The molecule has 2 nitrogen and oxygen atoms in total. The predicted octanol–water partition coefficient (Wildman–Crippen LogP) is 3.36. The van der Waals surface area contributed by atoms with Crippen molar-refractivity contribution < 1.29 is 0 Å². The van der Waals surface area contributed by atoms with E-state index in [9.17, 15) is 0 Å². The molecule has 2 aliphatic rings. The maximum Gasteiger partial charge on any atom is 0.111 e. The minimum Gasteiger partial charge on any atom is -0.307 e. The van der Waals surface area contributed by atoms with Gasteiger partial charge in [-0.3, -0.25) is 0 Å². The van der Waals surface area contributed by atoms with Gasteiger partial charge in [-0.1, -0.05) is 18.6 Å². The van der Waals surface area contributed by atoms with Crippen molar-refractivity contribution >= 4 is 21.6 Å². The van der Waals surface area contributed by atoms with Crippen molar-refractivity contribution in [3.05, 3.63) is 29.3 Å². The number of nitrogens with zero attached hydrogens (tertiary/aromatic N) is 1. The summed E-state index contributed by atoms with van der Waals surface area (Å²) < 4.78 is 1.32. The van der Waals surface area contributed by atoms with Crippen LogP contribution in [-0.4, -0.2) is 11.5 Å². The molecule has 4 rings (SSSR count). The van der Waals surface area contributed by atoms with Gasteiger partial charge in [0.25, 0.3) is 0 Å². The van der Waals surface area contributed by atoms with E-state index in [4.69, 9.17) is 4.98 Å². The highest BCUT2D eigenvalue weighted by atomic mass is 32.1. The maximum absolute atomic E-state index is 4.81. The van der Waals surface area contributed by atoms with E-state index in [-0.39, 0.29) is 0 Å². The van der Waals surface area contributed by atoms with Crippen molar-refractivity contribution in [2.24, 2.45) is 11.8 Å². The lowest BCUT2D eigenvalue weighted by molar-refractivity contribution is 0.421. The van der Waals surface area contributed by atoms with Crippen molar-refractivity contribution in [3.63, 3.8) is 0 Å². The van der Waals surface area contributed by atoms with Crippen LogP contribution < -0.4 is 5.32 Å². The van der Waals surface area contributed by atoms with E-state index in [2.05, 4.69) is 29.6 Å². The van der Waals surface area contributed by atoms with Gasteiger partial charge in [0, 0.05) is 0 Å². The van der Waals surface area contributed by atoms with Crippen LogP contribution in [0.1, 0.15) is 30.3 Å². The monoisotopic (exact) mass is 244 g/mol. The molecule has 0 bridgehead atoms. The molecule has 1 aliphatic carbocycles. The number of hydrogen-bond acceptors (Lipinski definition) is 3. The molecule has 1 aromatic carbocycles. The van der Waals surface area contributed by atoms with Crippen molar-refractivity contribution in [1.29, 1.82) is 0 Å². The van der Waals surface area contributed by atoms with E-state index < -0.39 is 0 Å². The highest BCUT2D eigenvalue weighted by Crippen LogP contribution is 2.45. The van der Waals surface area contributed by atoms with Gasteiger partial charge < -0.3 is 5.32 Å². The summed E-state index contributed by atoms with van der Waals surface area (Å²) in [5.41, 5.74) is 1.16. The molecule has 17 heavy (non-hydrogen) atoms. The smallest absolute Gasteiger partial charge is 0.111 e. The fourth-order valence-electron chi connectivity index (χ4n) is 3.48. The third-order valence-electron chi connectivity index (χ3n) is 4.32. The highest BCUT2D eigenvalue weighted by Gasteiger charge is 2.40. The Bertz CT molecular complexity index is 515. The normalized spacial score (nSPS) is 32.1. The zero-order valence-electron chi connectivity index (χ0n) is 9.73. The average Bonchev–Trinajstić information content (AvgIpc) is 3.02. The van der Waals surface area contributed by atoms with Gasteiger partial charge in [-0.2, -0.15) is 0 Å². The molecule has 2 aromatic rings. The second-order valence-electron chi connectivity index (χ2n) is 5.26. The number of para-hydroxylation sites is 1. The first-order chi connectivity index (χ1) is 8.42. The van der Waals surface area contributed by atoms with E-state index in [1.807, 2.05) is 11.3 Å². The Morgan fingerprint density at radius 1 is 1.24 bits per heavy atom. The fraction of sp³-hybridized carbons (Fsp3) is 0.500. The lowest BCUT2D eigenvalue weighted by Gasteiger charge is -2.14. The summed E-state index contributed by atoms with van der Waals surface area (Å²) in [5.74, 6) is 1.75. The Morgan fingerprint density at radius 2 is 2.18 bits per heavy atom. The molecule has 3 atom stereocenters. The van der Waals surface area contributed by atoms with Crippen LogP contribution in [0.2, 0.25) is 0 Å². The molecular weight excluding hydrogens is 228 g/mol. The summed E-state index contributed by atoms with van der Waals surface area (Å²) in [6.07, 6.45) is 4.22. The third kappa shape index (κ3) is 1.53. The summed E-state index contributed by atoms with van der Waals surface area (Å²) in [5, 5.41) is 4.99. The summed E-state index contributed by atoms with van der Waals surface area (Å²) >= 11 is 1.87. The lowest BCUT2D eigenvalue weighted by atomic mass is 9.94. The molecule has 1 aromatic heterocycles. The summed E-state index contributed by atoms with van der Waals surface area (Å²) in [6, 6.07) is 9.00. The Balaban J connectivity index is 1.74. The molecule has 1 aliphatic heterocycles. The zero-order chi connectivity index (χ0) is 11.2. The van der Waals surface area contributed by atoms with Crippen molar-refractivity contribution in [2.75, 3.05) is 6.54 Å². The molecule has 0 amide bonds. The molecule has 1 N–H and O–H groups in total. The summed E-state index contributed by atoms with van der Waals surface area (Å²) in [4.78, 5) is 4.81. The Hall–Kier alpha value is -0.930. The quantitative estimate of drug-likeness (QED) is 0.832. The number of thiazole rings is 1. The van der Waals surface area contributed by atoms with Gasteiger partial charge in [-0.25, -0.2) is 4.98 Å². The highest BCUT2D eigenvalue weighted by molar-refractivity contribution is 7.18. The van der Waals surface area contributed by atoms with Gasteiger partial charge in [0.05, 0.1) is 16.3 Å². The predicted molar refractivity (Wildman–Crippen MR) is 71.2 cm³/mol. The molecule has 3 unspecified atom stereocenters. The number of nitrogens with one attached hydrogen (secondary N) is 1. The fourth-order valence-corrected chi connectivity index (χ4v) is 4.60. The largest absolute Gasteiger partial charge is 0.307 e. The minimum atomic E-state index is 0.528. The molecule has 3 heteroatoms. The molecular formula is C14H16N2S. The van der Waals surface area contributed by atoms with E-state index >= 15 is 0 Å². The summed E-state index contributed by atoms with van der Waals surface area (Å²) in [7, 11) is 0. The van der Waals surface area contributed by atoms with Crippen molar-refractivity contribution in [3.8, 4) is 0 Å². The van der Waals surface area contributed by atoms with Crippen LogP contribution in [0, 0.1) is 11.8 Å². The Morgan fingerprint density at radius 3 is 3.12 bits per heavy atom.